The second-order valence-corrected chi connectivity index (χ2v) is 4.04. The molecule has 0 saturated carbocycles. The highest BCUT2D eigenvalue weighted by Crippen LogP contribution is 2.17. The van der Waals surface area contributed by atoms with Crippen molar-refractivity contribution in [2.45, 2.75) is 0 Å². The maximum Gasteiger partial charge on any atom is 0.306 e. The van der Waals surface area contributed by atoms with E-state index in [2.05, 4.69) is 4.18 Å². The van der Waals surface area contributed by atoms with Crippen molar-refractivity contribution < 1.29 is 17.3 Å². The van der Waals surface area contributed by atoms with Crippen molar-refractivity contribution in [2.75, 3.05) is 13.4 Å². The summed E-state index contributed by atoms with van der Waals surface area (Å²) in [7, 11) is -1.90. The van der Waals surface area contributed by atoms with Crippen LogP contribution >= 0.6 is 13.5 Å². The molecular weight excluding hydrogens is 224 g/mol. The zero-order chi connectivity index (χ0) is 9.90. The molecule has 0 fully saturated rings. The molecule has 0 spiro atoms. The molecule has 0 aliphatic rings. The summed E-state index contributed by atoms with van der Waals surface area (Å²) in [4.78, 5) is 0. The Hall–Kier alpha value is -0.880. The minimum absolute atomic E-state index is 0. The summed E-state index contributed by atoms with van der Waals surface area (Å²) >= 11 is 0. The van der Waals surface area contributed by atoms with Gasteiger partial charge in [0.15, 0.2) is 0 Å². The van der Waals surface area contributed by atoms with Gasteiger partial charge in [-0.1, -0.05) is 0 Å². The molecule has 4 nitrogen and oxygen atoms in total. The molecule has 1 rings (SSSR count). The Morgan fingerprint density at radius 1 is 1.07 bits per heavy atom. The molecule has 0 aliphatic heterocycles. The van der Waals surface area contributed by atoms with Gasteiger partial charge in [-0.2, -0.15) is 21.9 Å². The predicted molar refractivity (Wildman–Crippen MR) is 58.8 cm³/mol. The molecule has 0 bridgehead atoms. The van der Waals surface area contributed by atoms with Crippen LogP contribution in [0.25, 0.3) is 0 Å². The first kappa shape index (κ1) is 13.1. The number of benzene rings is 1. The molecule has 1 aromatic rings. The number of rotatable bonds is 3. The molecule has 80 valence electrons. The summed E-state index contributed by atoms with van der Waals surface area (Å²) in [5.74, 6) is 0.934. The van der Waals surface area contributed by atoms with E-state index in [9.17, 15) is 8.42 Å². The highest BCUT2D eigenvalue weighted by molar-refractivity contribution is 7.86. The van der Waals surface area contributed by atoms with E-state index in [1.165, 1.54) is 19.2 Å². The first-order valence-electron chi connectivity index (χ1n) is 3.55. The maximum atomic E-state index is 10.7. The minimum Gasteiger partial charge on any atom is -0.497 e. The fourth-order valence-electron chi connectivity index (χ4n) is 0.806. The van der Waals surface area contributed by atoms with Crippen LogP contribution in [0.2, 0.25) is 0 Å². The third-order valence-electron chi connectivity index (χ3n) is 1.31. The third kappa shape index (κ3) is 4.38. The standard InChI is InChI=1S/C8H10O4S.H2S/c1-11-7-3-5-8(6-4-7)12-13(2,9)10;/h3-6H,1-2H3;1H2. The second-order valence-electron chi connectivity index (χ2n) is 2.46. The molecule has 0 aromatic heterocycles. The van der Waals surface area contributed by atoms with E-state index in [0.29, 0.717) is 5.75 Å². The number of hydrogen-bond donors (Lipinski definition) is 0. The Morgan fingerprint density at radius 2 is 1.50 bits per heavy atom. The molecule has 0 heterocycles. The zero-order valence-electron chi connectivity index (χ0n) is 7.85. The molecule has 0 saturated heterocycles. The van der Waals surface area contributed by atoms with Gasteiger partial charge in [-0.25, -0.2) is 0 Å². The number of ether oxygens (including phenoxy) is 1. The van der Waals surface area contributed by atoms with Crippen LogP contribution in [0.4, 0.5) is 0 Å². The zero-order valence-corrected chi connectivity index (χ0v) is 9.67. The van der Waals surface area contributed by atoms with Gasteiger partial charge in [-0.15, -0.1) is 0 Å². The molecule has 0 atom stereocenters. The topological polar surface area (TPSA) is 52.6 Å². The lowest BCUT2D eigenvalue weighted by molar-refractivity contribution is 0.413. The normalized spacial score (nSPS) is 10.1. The fourth-order valence-corrected chi connectivity index (χ4v) is 1.27. The van der Waals surface area contributed by atoms with Gasteiger partial charge in [0.2, 0.25) is 0 Å². The van der Waals surface area contributed by atoms with Crippen LogP contribution in [0.1, 0.15) is 0 Å². The van der Waals surface area contributed by atoms with Crippen molar-refractivity contribution in [3.63, 3.8) is 0 Å². The smallest absolute Gasteiger partial charge is 0.306 e. The second kappa shape index (κ2) is 5.11. The van der Waals surface area contributed by atoms with Crippen LogP contribution in [0.5, 0.6) is 11.5 Å². The van der Waals surface area contributed by atoms with Crippen LogP contribution < -0.4 is 8.92 Å². The SMILES string of the molecule is COc1ccc(OS(C)(=O)=O)cc1.S. The molecule has 14 heavy (non-hydrogen) atoms. The summed E-state index contributed by atoms with van der Waals surface area (Å²) in [6.45, 7) is 0. The molecule has 0 unspecified atom stereocenters. The summed E-state index contributed by atoms with van der Waals surface area (Å²) in [5.41, 5.74) is 0. The average Bonchev–Trinajstić information content (AvgIpc) is 2.03. The van der Waals surface area contributed by atoms with E-state index < -0.39 is 10.1 Å². The van der Waals surface area contributed by atoms with E-state index >= 15 is 0 Å². The Kier molecular flexibility index (Phi) is 4.79. The first-order valence-corrected chi connectivity index (χ1v) is 5.36. The Bertz CT molecular complexity index is 369. The van der Waals surface area contributed by atoms with Crippen LogP contribution in [-0.2, 0) is 10.1 Å². The fraction of sp³-hybridized carbons (Fsp3) is 0.250. The Balaban J connectivity index is 0.00000169. The van der Waals surface area contributed by atoms with Gasteiger partial charge in [-0.3, -0.25) is 0 Å². The van der Waals surface area contributed by atoms with Crippen molar-refractivity contribution in [3.8, 4) is 11.5 Å². The third-order valence-corrected chi connectivity index (χ3v) is 1.80. The van der Waals surface area contributed by atoms with Crippen LogP contribution in [0.3, 0.4) is 0 Å². The maximum absolute atomic E-state index is 10.7. The van der Waals surface area contributed by atoms with E-state index in [1.807, 2.05) is 0 Å². The van der Waals surface area contributed by atoms with E-state index in [1.54, 1.807) is 12.1 Å². The lowest BCUT2D eigenvalue weighted by Gasteiger charge is -2.03. The lowest BCUT2D eigenvalue weighted by Crippen LogP contribution is -2.05. The van der Waals surface area contributed by atoms with Crippen molar-refractivity contribution in [3.05, 3.63) is 24.3 Å². The predicted octanol–water partition coefficient (Wildman–Crippen LogP) is 1.15. The van der Waals surface area contributed by atoms with Gasteiger partial charge < -0.3 is 8.92 Å². The van der Waals surface area contributed by atoms with Gasteiger partial charge in [0.05, 0.1) is 13.4 Å². The summed E-state index contributed by atoms with van der Waals surface area (Å²) in [6, 6.07) is 6.31. The van der Waals surface area contributed by atoms with Gasteiger partial charge in [0.1, 0.15) is 11.5 Å². The minimum atomic E-state index is -3.44. The van der Waals surface area contributed by atoms with Crippen LogP contribution in [0.15, 0.2) is 24.3 Å². The summed E-state index contributed by atoms with van der Waals surface area (Å²) < 4.78 is 30.9. The van der Waals surface area contributed by atoms with Gasteiger partial charge >= 0.3 is 10.1 Å². The molecule has 6 heteroatoms. The Labute approximate surface area is 90.4 Å². The molecule has 0 amide bonds. The largest absolute Gasteiger partial charge is 0.497 e. The molecule has 0 N–H and O–H groups in total. The van der Waals surface area contributed by atoms with E-state index in [4.69, 9.17) is 4.74 Å². The molecule has 1 aromatic carbocycles. The number of methoxy groups -OCH3 is 1. The lowest BCUT2D eigenvalue weighted by atomic mass is 10.3. The average molecular weight is 236 g/mol. The molecule has 0 radical (unpaired) electrons. The van der Waals surface area contributed by atoms with Crippen molar-refractivity contribution in [1.29, 1.82) is 0 Å². The van der Waals surface area contributed by atoms with E-state index in [0.717, 1.165) is 6.26 Å². The van der Waals surface area contributed by atoms with Crippen LogP contribution in [-0.4, -0.2) is 21.8 Å². The quantitative estimate of drug-likeness (QED) is 0.739. The van der Waals surface area contributed by atoms with Crippen LogP contribution in [0, 0.1) is 0 Å². The summed E-state index contributed by atoms with van der Waals surface area (Å²) in [5, 5.41) is 0. The Morgan fingerprint density at radius 3 is 1.86 bits per heavy atom. The molecular formula is C8H12O4S2. The van der Waals surface area contributed by atoms with E-state index in [-0.39, 0.29) is 19.2 Å². The van der Waals surface area contributed by atoms with Crippen molar-refractivity contribution in [1.82, 2.24) is 0 Å². The summed E-state index contributed by atoms with van der Waals surface area (Å²) in [6.07, 6.45) is 0.997. The van der Waals surface area contributed by atoms with Crippen molar-refractivity contribution >= 4 is 23.6 Å². The highest BCUT2D eigenvalue weighted by Gasteiger charge is 2.03. The highest BCUT2D eigenvalue weighted by atomic mass is 32.2. The monoisotopic (exact) mass is 236 g/mol. The van der Waals surface area contributed by atoms with Crippen molar-refractivity contribution in [2.24, 2.45) is 0 Å². The molecule has 0 aliphatic carbocycles. The number of hydrogen-bond acceptors (Lipinski definition) is 4. The van der Waals surface area contributed by atoms with Gasteiger partial charge in [0, 0.05) is 0 Å². The van der Waals surface area contributed by atoms with Gasteiger partial charge in [0.25, 0.3) is 0 Å². The van der Waals surface area contributed by atoms with Gasteiger partial charge in [-0.05, 0) is 24.3 Å². The first-order chi connectivity index (χ1) is 6.01.